The zero-order valence-electron chi connectivity index (χ0n) is 21.0. The predicted molar refractivity (Wildman–Crippen MR) is 144 cm³/mol. The van der Waals surface area contributed by atoms with Gasteiger partial charge >= 0.3 is 0 Å². The maximum Gasteiger partial charge on any atom is 0.299 e. The van der Waals surface area contributed by atoms with Crippen LogP contribution >= 0.6 is 0 Å². The number of hydrogen-bond acceptors (Lipinski definition) is 7. The summed E-state index contributed by atoms with van der Waals surface area (Å²) in [4.78, 5) is 28.2. The summed E-state index contributed by atoms with van der Waals surface area (Å²) in [5.74, 6) is 1.13. The number of ether oxygens (including phenoxy) is 2. The maximum absolute atomic E-state index is 13.6. The lowest BCUT2D eigenvalue weighted by atomic mass is 10.2. The van der Waals surface area contributed by atoms with Crippen molar-refractivity contribution in [2.24, 2.45) is 0 Å². The molecule has 0 saturated heterocycles. The quantitative estimate of drug-likeness (QED) is 0.339. The lowest BCUT2D eigenvalue weighted by Crippen LogP contribution is -2.31. The molecule has 9 heteroatoms. The molecule has 9 nitrogen and oxygen atoms in total. The Labute approximate surface area is 215 Å². The Kier molecular flexibility index (Phi) is 8.17. The van der Waals surface area contributed by atoms with Crippen molar-refractivity contribution >= 4 is 17.3 Å². The number of rotatable bonds is 10. The lowest BCUT2D eigenvalue weighted by molar-refractivity contribution is 0.0951. The summed E-state index contributed by atoms with van der Waals surface area (Å²) >= 11 is 0. The van der Waals surface area contributed by atoms with E-state index in [-0.39, 0.29) is 17.3 Å². The van der Waals surface area contributed by atoms with E-state index in [0.29, 0.717) is 35.0 Å². The number of nitrogens with one attached hydrogen (secondary N) is 2. The summed E-state index contributed by atoms with van der Waals surface area (Å²) in [6, 6.07) is 23.1. The molecule has 37 heavy (non-hydrogen) atoms. The molecule has 1 heterocycles. The minimum atomic E-state index is -0.410. The van der Waals surface area contributed by atoms with Gasteiger partial charge in [0.25, 0.3) is 11.5 Å². The van der Waals surface area contributed by atoms with Crippen LogP contribution in [0.15, 0.2) is 89.9 Å². The van der Waals surface area contributed by atoms with E-state index in [1.165, 1.54) is 10.9 Å². The first-order valence-corrected chi connectivity index (χ1v) is 11.7. The van der Waals surface area contributed by atoms with Crippen molar-refractivity contribution in [3.63, 3.8) is 0 Å². The van der Waals surface area contributed by atoms with Gasteiger partial charge in [0, 0.05) is 30.4 Å². The average molecular weight is 500 g/mol. The molecule has 0 fully saturated rings. The number of anilines is 2. The van der Waals surface area contributed by atoms with Crippen molar-refractivity contribution in [1.29, 1.82) is 0 Å². The van der Waals surface area contributed by atoms with Crippen molar-refractivity contribution in [2.75, 3.05) is 39.6 Å². The van der Waals surface area contributed by atoms with Crippen molar-refractivity contribution < 1.29 is 14.3 Å². The Bertz CT molecular complexity index is 1420. The van der Waals surface area contributed by atoms with Gasteiger partial charge in [0.2, 0.25) is 0 Å². The van der Waals surface area contributed by atoms with Crippen molar-refractivity contribution in [1.82, 2.24) is 20.0 Å². The molecule has 0 aliphatic carbocycles. The number of likely N-dealkylation sites (N-methyl/N-ethyl adjacent to an activating group) is 1. The van der Waals surface area contributed by atoms with Crippen LogP contribution < -0.4 is 25.7 Å². The number of amides is 1. The Balaban J connectivity index is 1.68. The molecule has 1 aromatic heterocycles. The van der Waals surface area contributed by atoms with Crippen LogP contribution in [0.2, 0.25) is 0 Å². The lowest BCUT2D eigenvalue weighted by Gasteiger charge is -2.15. The summed E-state index contributed by atoms with van der Waals surface area (Å²) in [7, 11) is 5.45. The highest BCUT2D eigenvalue weighted by Crippen LogP contribution is 2.30. The number of methoxy groups -OCH3 is 1. The summed E-state index contributed by atoms with van der Waals surface area (Å²) in [6.45, 7) is 1.25. The molecule has 3 aromatic carbocycles. The van der Waals surface area contributed by atoms with Gasteiger partial charge in [0.1, 0.15) is 11.5 Å². The molecular weight excluding hydrogens is 470 g/mol. The van der Waals surface area contributed by atoms with Crippen LogP contribution in [-0.4, -0.2) is 54.9 Å². The number of carbonyl (C=O) groups excluding carboxylic acids is 1. The second-order valence-electron chi connectivity index (χ2n) is 8.48. The van der Waals surface area contributed by atoms with Crippen LogP contribution in [-0.2, 0) is 0 Å². The Morgan fingerprint density at radius 1 is 0.973 bits per heavy atom. The standard InChI is InChI=1S/C28H29N5O4/c1-32(2)16-15-29-27(34)20-9-7-10-21(17-20)31-26-25(37-24-14-8-13-23(18-24)36-3)19-30-33(28(26)35)22-11-5-4-6-12-22/h4-14,17-19,31H,15-16H2,1-3H3,(H,29,34). The molecule has 4 rings (SSSR count). The highest BCUT2D eigenvalue weighted by atomic mass is 16.5. The molecule has 0 bridgehead atoms. The van der Waals surface area contributed by atoms with Gasteiger partial charge in [-0.15, -0.1) is 0 Å². The molecule has 0 radical (unpaired) electrons. The SMILES string of the molecule is COc1cccc(Oc2cnn(-c3ccccc3)c(=O)c2Nc2cccc(C(=O)NCCN(C)C)c2)c1. The van der Waals surface area contributed by atoms with E-state index < -0.39 is 5.56 Å². The zero-order chi connectivity index (χ0) is 26.2. The minimum Gasteiger partial charge on any atom is -0.497 e. The number of benzene rings is 3. The Morgan fingerprint density at radius 2 is 1.73 bits per heavy atom. The van der Waals surface area contributed by atoms with E-state index in [4.69, 9.17) is 9.47 Å². The predicted octanol–water partition coefficient (Wildman–Crippen LogP) is 4.07. The highest BCUT2D eigenvalue weighted by molar-refractivity contribution is 5.95. The van der Waals surface area contributed by atoms with Crippen molar-refractivity contribution in [3.8, 4) is 22.9 Å². The Hall–Kier alpha value is -4.63. The smallest absolute Gasteiger partial charge is 0.299 e. The fourth-order valence-corrected chi connectivity index (χ4v) is 3.55. The maximum atomic E-state index is 13.6. The van der Waals surface area contributed by atoms with Gasteiger partial charge in [-0.3, -0.25) is 9.59 Å². The normalized spacial score (nSPS) is 10.7. The van der Waals surface area contributed by atoms with Gasteiger partial charge in [-0.05, 0) is 56.6 Å². The molecule has 4 aromatic rings. The molecule has 0 aliphatic rings. The molecule has 0 aliphatic heterocycles. The second kappa shape index (κ2) is 11.9. The fourth-order valence-electron chi connectivity index (χ4n) is 3.55. The minimum absolute atomic E-state index is 0.173. The van der Waals surface area contributed by atoms with Crippen LogP contribution in [0.4, 0.5) is 11.4 Å². The van der Waals surface area contributed by atoms with Gasteiger partial charge in [0.05, 0.1) is 19.0 Å². The first-order valence-electron chi connectivity index (χ1n) is 11.7. The van der Waals surface area contributed by atoms with Crippen molar-refractivity contribution in [2.45, 2.75) is 0 Å². The summed E-state index contributed by atoms with van der Waals surface area (Å²) in [5, 5.41) is 10.4. The van der Waals surface area contributed by atoms with Crippen LogP contribution in [0.25, 0.3) is 5.69 Å². The van der Waals surface area contributed by atoms with Gasteiger partial charge in [0.15, 0.2) is 11.4 Å². The topological polar surface area (TPSA) is 97.7 Å². The molecular formula is C28H29N5O4. The third-order valence-corrected chi connectivity index (χ3v) is 5.45. The van der Waals surface area contributed by atoms with Crippen molar-refractivity contribution in [3.05, 3.63) is 101 Å². The van der Waals surface area contributed by atoms with E-state index >= 15 is 0 Å². The van der Waals surface area contributed by atoms with E-state index in [1.807, 2.05) is 37.2 Å². The third-order valence-electron chi connectivity index (χ3n) is 5.45. The van der Waals surface area contributed by atoms with E-state index in [2.05, 4.69) is 15.7 Å². The third kappa shape index (κ3) is 6.53. The fraction of sp³-hybridized carbons (Fsp3) is 0.179. The van der Waals surface area contributed by atoms with Gasteiger partial charge in [-0.1, -0.05) is 30.3 Å². The molecule has 0 unspecified atom stereocenters. The van der Waals surface area contributed by atoms with E-state index in [9.17, 15) is 9.59 Å². The van der Waals surface area contributed by atoms with E-state index in [1.54, 1.807) is 67.8 Å². The molecule has 0 saturated carbocycles. The largest absolute Gasteiger partial charge is 0.497 e. The Morgan fingerprint density at radius 3 is 2.49 bits per heavy atom. The molecule has 0 spiro atoms. The molecule has 0 atom stereocenters. The first-order chi connectivity index (χ1) is 17.9. The van der Waals surface area contributed by atoms with Gasteiger partial charge in [-0.2, -0.15) is 9.78 Å². The highest BCUT2D eigenvalue weighted by Gasteiger charge is 2.16. The second-order valence-corrected chi connectivity index (χ2v) is 8.48. The van der Waals surface area contributed by atoms with Gasteiger partial charge in [-0.25, -0.2) is 0 Å². The van der Waals surface area contributed by atoms with Gasteiger partial charge < -0.3 is 25.0 Å². The number of nitrogens with zero attached hydrogens (tertiary/aromatic N) is 3. The van der Waals surface area contributed by atoms with Crippen LogP contribution in [0, 0.1) is 0 Å². The number of para-hydroxylation sites is 1. The first kappa shape index (κ1) is 25.5. The zero-order valence-corrected chi connectivity index (χ0v) is 21.0. The number of hydrogen-bond donors (Lipinski definition) is 2. The number of aromatic nitrogens is 2. The summed E-state index contributed by atoms with van der Waals surface area (Å²) < 4.78 is 12.6. The van der Waals surface area contributed by atoms with Crippen LogP contribution in [0.3, 0.4) is 0 Å². The van der Waals surface area contributed by atoms with Crippen LogP contribution in [0.1, 0.15) is 10.4 Å². The van der Waals surface area contributed by atoms with E-state index in [0.717, 1.165) is 6.54 Å². The average Bonchev–Trinajstić information content (AvgIpc) is 2.91. The monoisotopic (exact) mass is 499 g/mol. The molecule has 190 valence electrons. The summed E-state index contributed by atoms with van der Waals surface area (Å²) in [6.07, 6.45) is 1.48. The molecule has 2 N–H and O–H groups in total. The summed E-state index contributed by atoms with van der Waals surface area (Å²) in [5.41, 5.74) is 1.40. The molecule has 1 amide bonds. The number of carbonyl (C=O) groups is 1. The van der Waals surface area contributed by atoms with Crippen LogP contribution in [0.5, 0.6) is 17.2 Å².